The van der Waals surface area contributed by atoms with Crippen LogP contribution in [0, 0.1) is 11.7 Å². The summed E-state index contributed by atoms with van der Waals surface area (Å²) >= 11 is 6.07. The largest absolute Gasteiger partial charge is 0.383 e. The molecule has 1 aliphatic carbocycles. The van der Waals surface area contributed by atoms with Crippen molar-refractivity contribution in [1.29, 1.82) is 0 Å². The third-order valence-corrected chi connectivity index (χ3v) is 4.43. The second-order valence-electron chi connectivity index (χ2n) is 5.76. The predicted octanol–water partition coefficient (Wildman–Crippen LogP) is 2.58. The molecule has 1 aliphatic rings. The molecule has 0 heterocycles. The Bertz CT molecular complexity index is 527. The first-order valence-electron chi connectivity index (χ1n) is 7.48. The van der Waals surface area contributed by atoms with Crippen molar-refractivity contribution < 1.29 is 13.9 Å². The highest BCUT2D eigenvalue weighted by Crippen LogP contribution is 2.27. The van der Waals surface area contributed by atoms with Crippen LogP contribution in [-0.2, 0) is 16.1 Å². The molecule has 6 heteroatoms. The summed E-state index contributed by atoms with van der Waals surface area (Å²) in [5.41, 5.74) is 6.63. The van der Waals surface area contributed by atoms with Gasteiger partial charge >= 0.3 is 0 Å². The van der Waals surface area contributed by atoms with Crippen molar-refractivity contribution in [3.63, 3.8) is 0 Å². The molecule has 0 saturated heterocycles. The number of carbonyl (C=O) groups is 1. The highest BCUT2D eigenvalue weighted by Gasteiger charge is 2.31. The number of hydrogen-bond acceptors (Lipinski definition) is 3. The summed E-state index contributed by atoms with van der Waals surface area (Å²) in [6.07, 6.45) is 2.42. The molecule has 1 aromatic rings. The molecule has 2 N–H and O–H groups in total. The Kier molecular flexibility index (Phi) is 6.17. The molecule has 22 heavy (non-hydrogen) atoms. The zero-order valence-electron chi connectivity index (χ0n) is 12.7. The second kappa shape index (κ2) is 7.90. The van der Waals surface area contributed by atoms with E-state index in [-0.39, 0.29) is 23.7 Å². The van der Waals surface area contributed by atoms with Crippen LogP contribution in [0.15, 0.2) is 18.2 Å². The van der Waals surface area contributed by atoms with Gasteiger partial charge in [0.05, 0.1) is 6.61 Å². The van der Waals surface area contributed by atoms with Crippen LogP contribution in [0.5, 0.6) is 0 Å². The number of hydrogen-bond donors (Lipinski definition) is 1. The van der Waals surface area contributed by atoms with Gasteiger partial charge in [-0.3, -0.25) is 4.79 Å². The Hall–Kier alpha value is -1.17. The number of halogens is 2. The first-order chi connectivity index (χ1) is 10.5. The van der Waals surface area contributed by atoms with Gasteiger partial charge in [0.1, 0.15) is 5.82 Å². The van der Waals surface area contributed by atoms with Crippen molar-refractivity contribution in [3.05, 3.63) is 34.6 Å². The van der Waals surface area contributed by atoms with Gasteiger partial charge in [0, 0.05) is 37.2 Å². The van der Waals surface area contributed by atoms with Gasteiger partial charge in [0.15, 0.2) is 0 Å². The maximum Gasteiger partial charge on any atom is 0.226 e. The van der Waals surface area contributed by atoms with Crippen LogP contribution in [0.25, 0.3) is 0 Å². The zero-order chi connectivity index (χ0) is 16.1. The molecule has 0 aromatic heterocycles. The molecule has 2 atom stereocenters. The minimum Gasteiger partial charge on any atom is -0.383 e. The molecular weight excluding hydrogens is 307 g/mol. The van der Waals surface area contributed by atoms with Crippen LogP contribution < -0.4 is 5.73 Å². The van der Waals surface area contributed by atoms with Gasteiger partial charge in [-0.1, -0.05) is 17.7 Å². The van der Waals surface area contributed by atoms with Gasteiger partial charge in [-0.25, -0.2) is 4.39 Å². The van der Waals surface area contributed by atoms with E-state index in [1.54, 1.807) is 18.1 Å². The van der Waals surface area contributed by atoms with Crippen molar-refractivity contribution in [2.24, 2.45) is 11.7 Å². The van der Waals surface area contributed by atoms with E-state index in [0.717, 1.165) is 24.8 Å². The number of rotatable bonds is 6. The lowest BCUT2D eigenvalue weighted by atomic mass is 10.1. The number of nitrogens with two attached hydrogens (primary N) is 1. The van der Waals surface area contributed by atoms with E-state index in [0.29, 0.717) is 24.7 Å². The molecule has 1 fully saturated rings. The summed E-state index contributed by atoms with van der Waals surface area (Å²) in [5, 5.41) is 0.332. The molecule has 0 spiro atoms. The Morgan fingerprint density at radius 1 is 1.50 bits per heavy atom. The number of methoxy groups -OCH3 is 1. The molecule has 0 bridgehead atoms. The summed E-state index contributed by atoms with van der Waals surface area (Å²) in [4.78, 5) is 14.4. The third kappa shape index (κ3) is 4.41. The lowest BCUT2D eigenvalue weighted by Gasteiger charge is -2.26. The number of carbonyl (C=O) groups excluding carboxylic acids is 1. The fourth-order valence-electron chi connectivity index (χ4n) is 2.82. The van der Waals surface area contributed by atoms with Crippen molar-refractivity contribution in [2.45, 2.75) is 31.8 Å². The SMILES string of the molecule is COCCN(Cc1ccc(F)cc1Cl)C(=O)C1CCC(N)C1. The molecule has 1 amide bonds. The quantitative estimate of drug-likeness (QED) is 0.873. The van der Waals surface area contributed by atoms with Crippen molar-refractivity contribution in [2.75, 3.05) is 20.3 Å². The average molecular weight is 329 g/mol. The molecule has 122 valence electrons. The summed E-state index contributed by atoms with van der Waals surface area (Å²) in [7, 11) is 1.60. The topological polar surface area (TPSA) is 55.6 Å². The lowest BCUT2D eigenvalue weighted by molar-refractivity contribution is -0.136. The molecular formula is C16H22ClFN2O2. The van der Waals surface area contributed by atoms with E-state index in [1.165, 1.54) is 12.1 Å². The van der Waals surface area contributed by atoms with Gasteiger partial charge in [-0.05, 0) is 37.0 Å². The number of benzene rings is 1. The zero-order valence-corrected chi connectivity index (χ0v) is 13.5. The highest BCUT2D eigenvalue weighted by molar-refractivity contribution is 6.31. The molecule has 0 radical (unpaired) electrons. The Morgan fingerprint density at radius 2 is 2.27 bits per heavy atom. The lowest BCUT2D eigenvalue weighted by Crippen LogP contribution is -2.37. The van der Waals surface area contributed by atoms with Crippen molar-refractivity contribution >= 4 is 17.5 Å². The van der Waals surface area contributed by atoms with Crippen LogP contribution in [0.3, 0.4) is 0 Å². The molecule has 0 aliphatic heterocycles. The number of ether oxygens (including phenoxy) is 1. The van der Waals surface area contributed by atoms with E-state index in [1.807, 2.05) is 0 Å². The highest BCUT2D eigenvalue weighted by atomic mass is 35.5. The summed E-state index contributed by atoms with van der Waals surface area (Å²) in [5.74, 6) is -0.346. The van der Waals surface area contributed by atoms with E-state index in [4.69, 9.17) is 22.1 Å². The minimum atomic E-state index is -0.384. The Balaban J connectivity index is 2.09. The fourth-order valence-corrected chi connectivity index (χ4v) is 3.05. The van der Waals surface area contributed by atoms with Crippen LogP contribution in [0.2, 0.25) is 5.02 Å². The van der Waals surface area contributed by atoms with Gasteiger partial charge in [-0.15, -0.1) is 0 Å². The molecule has 2 unspecified atom stereocenters. The van der Waals surface area contributed by atoms with Crippen LogP contribution in [0.4, 0.5) is 4.39 Å². The summed E-state index contributed by atoms with van der Waals surface area (Å²) in [6.45, 7) is 1.28. The standard InChI is InChI=1S/C16H22ClFN2O2/c1-22-7-6-20(16(21)11-3-5-14(19)8-11)10-12-2-4-13(18)9-15(12)17/h2,4,9,11,14H,3,5-8,10,19H2,1H3. The maximum atomic E-state index is 13.1. The third-order valence-electron chi connectivity index (χ3n) is 4.08. The van der Waals surface area contributed by atoms with E-state index >= 15 is 0 Å². The van der Waals surface area contributed by atoms with E-state index in [2.05, 4.69) is 0 Å². The molecule has 1 saturated carbocycles. The van der Waals surface area contributed by atoms with Crippen LogP contribution in [-0.4, -0.2) is 37.1 Å². The van der Waals surface area contributed by atoms with Crippen LogP contribution in [0.1, 0.15) is 24.8 Å². The first-order valence-corrected chi connectivity index (χ1v) is 7.86. The normalized spacial score (nSPS) is 21.1. The van der Waals surface area contributed by atoms with Crippen LogP contribution >= 0.6 is 11.6 Å². The van der Waals surface area contributed by atoms with E-state index in [9.17, 15) is 9.18 Å². The Labute approximate surface area is 135 Å². The van der Waals surface area contributed by atoms with Gasteiger partial charge < -0.3 is 15.4 Å². The molecule has 4 nitrogen and oxygen atoms in total. The predicted molar refractivity (Wildman–Crippen MR) is 84.0 cm³/mol. The van der Waals surface area contributed by atoms with Gasteiger partial charge in [0.25, 0.3) is 0 Å². The summed E-state index contributed by atoms with van der Waals surface area (Å²) < 4.78 is 18.2. The number of amides is 1. The molecule has 2 rings (SSSR count). The average Bonchev–Trinajstić information content (AvgIpc) is 2.91. The fraction of sp³-hybridized carbons (Fsp3) is 0.562. The summed E-state index contributed by atoms with van der Waals surface area (Å²) in [6, 6.07) is 4.34. The first kappa shape index (κ1) is 17.2. The Morgan fingerprint density at radius 3 is 2.86 bits per heavy atom. The maximum absolute atomic E-state index is 13.1. The van der Waals surface area contributed by atoms with E-state index < -0.39 is 0 Å². The van der Waals surface area contributed by atoms with Crippen molar-refractivity contribution in [3.8, 4) is 0 Å². The monoisotopic (exact) mass is 328 g/mol. The van der Waals surface area contributed by atoms with Gasteiger partial charge in [0.2, 0.25) is 5.91 Å². The van der Waals surface area contributed by atoms with Gasteiger partial charge in [-0.2, -0.15) is 0 Å². The smallest absolute Gasteiger partial charge is 0.226 e. The van der Waals surface area contributed by atoms with Crippen molar-refractivity contribution in [1.82, 2.24) is 4.90 Å². The second-order valence-corrected chi connectivity index (χ2v) is 6.17. The molecule has 1 aromatic carbocycles. The number of nitrogens with zero attached hydrogens (tertiary/aromatic N) is 1. The minimum absolute atomic E-state index is 0.0360.